The van der Waals surface area contributed by atoms with Crippen LogP contribution in [0.3, 0.4) is 0 Å². The molecule has 0 saturated heterocycles. The summed E-state index contributed by atoms with van der Waals surface area (Å²) in [5, 5.41) is 0. The van der Waals surface area contributed by atoms with E-state index in [-0.39, 0.29) is 46.5 Å². The standard InChI is InChI=1S/2C24H29.C2H7Si.2ClH.Hf/c2*1-16-11-17-9-8-10-21(22(17)12-16)18-13-19(23(2,3)4)15-20(14-18)24(5,6)7;1-3-2;;;/h2*8-15H,1-7H3;3H,1-2H3;2*1H;/q;;;;;+2/p-2. The van der Waals surface area contributed by atoms with Crippen LogP contribution in [0.4, 0.5) is 0 Å². The van der Waals surface area contributed by atoms with Gasteiger partial charge in [-0.1, -0.05) is 0 Å². The van der Waals surface area contributed by atoms with E-state index in [4.69, 9.17) is 0 Å². The van der Waals surface area contributed by atoms with Crippen molar-refractivity contribution in [2.75, 3.05) is 0 Å². The van der Waals surface area contributed by atoms with Crippen molar-refractivity contribution in [3.05, 3.63) is 128 Å². The largest absolute Gasteiger partial charge is 1.00 e. The van der Waals surface area contributed by atoms with Gasteiger partial charge in [-0.3, -0.25) is 0 Å². The van der Waals surface area contributed by atoms with Gasteiger partial charge in [0.25, 0.3) is 0 Å². The fourth-order valence-corrected chi connectivity index (χ4v) is 41.5. The van der Waals surface area contributed by atoms with Crippen LogP contribution in [0.5, 0.6) is 0 Å². The molecule has 2 unspecified atom stereocenters. The third-order valence-electron chi connectivity index (χ3n) is 11.8. The SMILES string of the molecule is CC1=Cc2c(-c3cc(C(C)(C)C)cc(C(C)(C)C)c3)cccc2[CH]1[Hf+2]([CH]1C(C)=Cc2c(-c3cc(C(C)(C)C)cc(C(C)(C)C)c3)cccc21)[SiH](C)C.[Cl-].[Cl-]. The molecule has 2 aliphatic carbocycles. The first kappa shape index (κ1) is 44.7. The molecule has 0 spiro atoms. The van der Waals surface area contributed by atoms with Crippen LogP contribution in [0, 0.1) is 0 Å². The first-order valence-corrected chi connectivity index (χ1v) is 33.0. The minimum atomic E-state index is -2.42. The van der Waals surface area contributed by atoms with Crippen LogP contribution in [0.1, 0.15) is 149 Å². The zero-order valence-electron chi connectivity index (χ0n) is 36.1. The molecule has 2 atom stereocenters. The molecule has 0 amide bonds. The molecular weight excluding hydrogens is 878 g/mol. The molecule has 54 heavy (non-hydrogen) atoms. The normalized spacial score (nSPS) is 17.0. The van der Waals surface area contributed by atoms with Gasteiger partial charge in [-0.25, -0.2) is 0 Å². The van der Waals surface area contributed by atoms with Gasteiger partial charge >= 0.3 is 328 Å². The molecule has 4 heteroatoms. The van der Waals surface area contributed by atoms with Gasteiger partial charge in [0.05, 0.1) is 0 Å². The minimum absolute atomic E-state index is 0. The summed E-state index contributed by atoms with van der Waals surface area (Å²) in [6.45, 7) is 38.6. The zero-order valence-corrected chi connectivity index (χ0v) is 42.3. The van der Waals surface area contributed by atoms with Crippen LogP contribution < -0.4 is 24.8 Å². The molecule has 0 bridgehead atoms. The third-order valence-corrected chi connectivity index (χ3v) is 43.3. The molecule has 0 aromatic heterocycles. The van der Waals surface area contributed by atoms with E-state index in [0.717, 1.165) is 0 Å². The molecule has 0 radical (unpaired) electrons. The van der Waals surface area contributed by atoms with Crippen molar-refractivity contribution in [2.24, 2.45) is 0 Å². The van der Waals surface area contributed by atoms with Crippen LogP contribution in [-0.2, 0) is 42.3 Å². The van der Waals surface area contributed by atoms with Gasteiger partial charge in [0.15, 0.2) is 0 Å². The van der Waals surface area contributed by atoms with Gasteiger partial charge in [-0.2, -0.15) is 0 Å². The quantitative estimate of drug-likeness (QED) is 0.177. The number of benzene rings is 4. The molecule has 4 aromatic carbocycles. The number of hydrogen-bond donors (Lipinski definition) is 0. The van der Waals surface area contributed by atoms with Crippen LogP contribution in [0.15, 0.2) is 83.9 Å². The van der Waals surface area contributed by atoms with Gasteiger partial charge < -0.3 is 24.8 Å². The Bertz CT molecular complexity index is 1880. The number of hydrogen-bond acceptors (Lipinski definition) is 0. The Hall–Kier alpha value is -1.97. The molecule has 2 aliphatic rings. The van der Waals surface area contributed by atoms with E-state index in [1.807, 2.05) is 0 Å². The third kappa shape index (κ3) is 8.63. The Kier molecular flexibility index (Phi) is 13.1. The second-order valence-electron chi connectivity index (χ2n) is 20.5. The molecule has 0 aliphatic heterocycles. The fraction of sp³-hybridized carbons (Fsp3) is 0.440. The molecule has 4 aromatic rings. The van der Waals surface area contributed by atoms with Crippen LogP contribution >= 0.6 is 0 Å². The van der Waals surface area contributed by atoms with Crippen molar-refractivity contribution in [3.63, 3.8) is 0 Å². The van der Waals surface area contributed by atoms with Crippen molar-refractivity contribution in [2.45, 2.75) is 139 Å². The molecule has 0 fully saturated rings. The monoisotopic (exact) mass is 943 g/mol. The Balaban J connectivity index is 0.00000325. The van der Waals surface area contributed by atoms with Gasteiger partial charge in [0.1, 0.15) is 0 Å². The van der Waals surface area contributed by atoms with E-state index in [2.05, 4.69) is 195 Å². The number of halogens is 2. The smallest absolute Gasteiger partial charge is 1.00 e. The van der Waals surface area contributed by atoms with E-state index >= 15 is 0 Å². The Morgan fingerprint density at radius 2 is 0.759 bits per heavy atom. The summed E-state index contributed by atoms with van der Waals surface area (Å²) in [5.41, 5.74) is 21.2. The van der Waals surface area contributed by atoms with Crippen LogP contribution in [0.25, 0.3) is 34.4 Å². The van der Waals surface area contributed by atoms with E-state index in [1.165, 1.54) is 55.6 Å². The first-order valence-electron chi connectivity index (χ1n) is 19.8. The maximum atomic E-state index is 2.69. The maximum absolute atomic E-state index is 2.69. The average molecular weight is 944 g/mol. The number of fused-ring (bicyclic) bond motifs is 2. The summed E-state index contributed by atoms with van der Waals surface area (Å²) >= 11 is -2.42. The van der Waals surface area contributed by atoms with E-state index in [0.29, 0.717) is 7.35 Å². The summed E-state index contributed by atoms with van der Waals surface area (Å²) in [5.74, 6) is -0.958. The Labute approximate surface area is 350 Å². The van der Waals surface area contributed by atoms with E-state index in [9.17, 15) is 0 Å². The molecule has 0 N–H and O–H groups in total. The van der Waals surface area contributed by atoms with Crippen molar-refractivity contribution in [1.29, 1.82) is 0 Å². The summed E-state index contributed by atoms with van der Waals surface area (Å²) in [7, 11) is 0. The predicted octanol–water partition coefficient (Wildman–Crippen LogP) is 8.44. The van der Waals surface area contributed by atoms with Gasteiger partial charge in [0.2, 0.25) is 0 Å². The molecule has 0 heterocycles. The Morgan fingerprint density at radius 1 is 0.463 bits per heavy atom. The number of rotatable bonds is 5. The van der Waals surface area contributed by atoms with Gasteiger partial charge in [0, 0.05) is 0 Å². The summed E-state index contributed by atoms with van der Waals surface area (Å²) in [4.78, 5) is 0. The van der Waals surface area contributed by atoms with Crippen LogP contribution in [0.2, 0.25) is 13.1 Å². The predicted molar refractivity (Wildman–Crippen MR) is 230 cm³/mol. The van der Waals surface area contributed by atoms with Gasteiger partial charge in [-0.05, 0) is 0 Å². The minimum Gasteiger partial charge on any atom is -1.00 e. The molecule has 6 rings (SSSR count). The Morgan fingerprint density at radius 3 is 1.02 bits per heavy atom. The number of allylic oxidation sites excluding steroid dienone is 2. The maximum Gasteiger partial charge on any atom is -1.00 e. The fourth-order valence-electron chi connectivity index (χ4n) is 8.62. The van der Waals surface area contributed by atoms with E-state index < -0.39 is 26.6 Å². The van der Waals surface area contributed by atoms with Crippen LogP contribution in [-0.4, -0.2) is 5.98 Å². The topological polar surface area (TPSA) is 0 Å². The van der Waals surface area contributed by atoms with Crippen molar-refractivity contribution >= 4 is 18.1 Å². The van der Waals surface area contributed by atoms with Crippen molar-refractivity contribution in [1.82, 2.24) is 0 Å². The zero-order chi connectivity index (χ0) is 38.3. The molecular formula is C50H65Cl2HfSi. The van der Waals surface area contributed by atoms with E-state index in [1.54, 1.807) is 22.3 Å². The van der Waals surface area contributed by atoms with Crippen molar-refractivity contribution < 1.29 is 45.4 Å². The second-order valence-corrected chi connectivity index (χ2v) is 48.5. The van der Waals surface area contributed by atoms with Crippen molar-refractivity contribution in [3.8, 4) is 22.3 Å². The molecule has 0 saturated carbocycles. The summed E-state index contributed by atoms with van der Waals surface area (Å²) < 4.78 is 1.28. The summed E-state index contributed by atoms with van der Waals surface area (Å²) in [6, 6.07) is 29.4. The van der Waals surface area contributed by atoms with Gasteiger partial charge in [-0.15, -0.1) is 0 Å². The first-order chi connectivity index (χ1) is 24.0. The molecule has 0 nitrogen and oxygen atoms in total. The molecule has 287 valence electrons. The average Bonchev–Trinajstić information content (AvgIpc) is 3.54. The summed E-state index contributed by atoms with van der Waals surface area (Å²) in [6.07, 6.45) is 5.21. The second kappa shape index (κ2) is 15.8.